The number of anilines is 1. The summed E-state index contributed by atoms with van der Waals surface area (Å²) in [5.41, 5.74) is 6.19. The zero-order chi connectivity index (χ0) is 22.2. The molecule has 1 saturated heterocycles. The molecule has 0 saturated carbocycles. The Labute approximate surface area is 180 Å². The van der Waals surface area contributed by atoms with Gasteiger partial charge in [-0.3, -0.25) is 14.4 Å². The van der Waals surface area contributed by atoms with Crippen molar-refractivity contribution in [3.05, 3.63) is 54.1 Å². The molecular formula is C22H25N3O6. The van der Waals surface area contributed by atoms with Crippen molar-refractivity contribution in [3.63, 3.8) is 0 Å². The van der Waals surface area contributed by atoms with Gasteiger partial charge in [0, 0.05) is 30.4 Å². The highest BCUT2D eigenvalue weighted by molar-refractivity contribution is 5.94. The van der Waals surface area contributed by atoms with E-state index in [4.69, 9.17) is 19.9 Å². The number of nitrogens with one attached hydrogen (secondary N) is 1. The minimum absolute atomic E-state index is 0.132. The number of nitrogens with zero attached hydrogens (tertiary/aromatic N) is 1. The fraction of sp³-hybridized carbons (Fsp3) is 0.318. The molecule has 1 atom stereocenters. The van der Waals surface area contributed by atoms with Crippen molar-refractivity contribution in [1.29, 1.82) is 0 Å². The fourth-order valence-corrected chi connectivity index (χ4v) is 3.17. The Morgan fingerprint density at radius 2 is 1.87 bits per heavy atom. The lowest BCUT2D eigenvalue weighted by Gasteiger charge is -2.17. The molecule has 0 spiro atoms. The highest BCUT2D eigenvalue weighted by Crippen LogP contribution is 2.19. The van der Waals surface area contributed by atoms with E-state index in [1.54, 1.807) is 60.5 Å². The van der Waals surface area contributed by atoms with Crippen molar-refractivity contribution in [3.8, 4) is 11.5 Å². The Hall–Kier alpha value is -3.59. The van der Waals surface area contributed by atoms with Crippen LogP contribution in [0.25, 0.3) is 0 Å². The lowest BCUT2D eigenvalue weighted by molar-refractivity contribution is -0.124. The molecule has 31 heavy (non-hydrogen) atoms. The number of amides is 3. The Morgan fingerprint density at radius 3 is 2.58 bits per heavy atom. The minimum atomic E-state index is -0.530. The van der Waals surface area contributed by atoms with Gasteiger partial charge in [-0.25, -0.2) is 0 Å². The Balaban J connectivity index is 1.47. The van der Waals surface area contributed by atoms with E-state index >= 15 is 0 Å². The second-order valence-corrected chi connectivity index (χ2v) is 7.03. The van der Waals surface area contributed by atoms with Crippen LogP contribution in [0.5, 0.6) is 11.5 Å². The zero-order valence-corrected chi connectivity index (χ0v) is 17.2. The Kier molecular flexibility index (Phi) is 7.45. The van der Waals surface area contributed by atoms with Gasteiger partial charge in [-0.15, -0.1) is 0 Å². The second-order valence-electron chi connectivity index (χ2n) is 7.03. The highest BCUT2D eigenvalue weighted by Gasteiger charge is 2.27. The van der Waals surface area contributed by atoms with Crippen LogP contribution in [0.2, 0.25) is 0 Å². The number of nitrogens with two attached hydrogens (primary N) is 1. The molecular weight excluding hydrogens is 402 g/mol. The number of rotatable bonds is 9. The monoisotopic (exact) mass is 427 g/mol. The molecule has 1 heterocycles. The maximum absolute atomic E-state index is 12.6. The molecule has 1 fully saturated rings. The van der Waals surface area contributed by atoms with Crippen LogP contribution in [0, 0.1) is 0 Å². The van der Waals surface area contributed by atoms with E-state index in [2.05, 4.69) is 5.32 Å². The lowest BCUT2D eigenvalue weighted by Crippen LogP contribution is -2.31. The molecule has 3 amide bonds. The van der Waals surface area contributed by atoms with E-state index in [0.717, 1.165) is 0 Å². The summed E-state index contributed by atoms with van der Waals surface area (Å²) in [6.07, 6.45) is 0.463. The quantitative estimate of drug-likeness (QED) is 0.625. The third kappa shape index (κ3) is 6.45. The molecule has 0 aliphatic carbocycles. The van der Waals surface area contributed by atoms with Gasteiger partial charge in [-0.1, -0.05) is 6.07 Å². The topological polar surface area (TPSA) is 120 Å². The lowest BCUT2D eigenvalue weighted by atomic mass is 10.2. The van der Waals surface area contributed by atoms with Crippen molar-refractivity contribution in [2.45, 2.75) is 12.5 Å². The van der Waals surface area contributed by atoms with Gasteiger partial charge < -0.3 is 30.2 Å². The first-order valence-corrected chi connectivity index (χ1v) is 9.80. The standard InChI is InChI=1S/C22H25N3O6/c1-29-18-4-2-3-16(11-18)24-21(27)14-31-17-7-5-15(6-8-17)22(28)25-10-9-19(12-25)30-13-20(23)26/h2-8,11,19H,9-10,12-14H2,1H3,(H2,23,26)(H,24,27)/t19-/m1/s1. The first-order chi connectivity index (χ1) is 14.9. The molecule has 0 unspecified atom stereocenters. The molecule has 0 radical (unpaired) electrons. The van der Waals surface area contributed by atoms with Gasteiger partial charge in [0.15, 0.2) is 6.61 Å². The van der Waals surface area contributed by atoms with Crippen molar-refractivity contribution in [2.75, 3.05) is 38.7 Å². The summed E-state index contributed by atoms with van der Waals surface area (Å²) >= 11 is 0. The molecule has 0 bridgehead atoms. The van der Waals surface area contributed by atoms with Gasteiger partial charge in [-0.05, 0) is 42.8 Å². The average Bonchev–Trinajstić information content (AvgIpc) is 3.25. The summed E-state index contributed by atoms with van der Waals surface area (Å²) in [5, 5.41) is 2.73. The average molecular weight is 427 g/mol. The number of carbonyl (C=O) groups is 3. The van der Waals surface area contributed by atoms with Crippen LogP contribution in [0.15, 0.2) is 48.5 Å². The molecule has 2 aromatic carbocycles. The smallest absolute Gasteiger partial charge is 0.262 e. The maximum atomic E-state index is 12.6. The molecule has 2 aromatic rings. The number of methoxy groups -OCH3 is 1. The van der Waals surface area contributed by atoms with Crippen LogP contribution >= 0.6 is 0 Å². The van der Waals surface area contributed by atoms with Gasteiger partial charge in [-0.2, -0.15) is 0 Å². The number of likely N-dealkylation sites (tertiary alicyclic amines) is 1. The van der Waals surface area contributed by atoms with Crippen molar-refractivity contribution in [2.24, 2.45) is 5.73 Å². The molecule has 164 valence electrons. The summed E-state index contributed by atoms with van der Waals surface area (Å²) in [6, 6.07) is 13.6. The van der Waals surface area contributed by atoms with E-state index in [9.17, 15) is 14.4 Å². The van der Waals surface area contributed by atoms with Crippen LogP contribution in [0.3, 0.4) is 0 Å². The third-order valence-electron chi connectivity index (χ3n) is 4.72. The fourth-order valence-electron chi connectivity index (χ4n) is 3.17. The van der Waals surface area contributed by atoms with Gasteiger partial charge in [0.05, 0.1) is 13.2 Å². The summed E-state index contributed by atoms with van der Waals surface area (Å²) in [4.78, 5) is 37.2. The largest absolute Gasteiger partial charge is 0.497 e. The molecule has 3 N–H and O–H groups in total. The van der Waals surface area contributed by atoms with E-state index in [-0.39, 0.29) is 31.1 Å². The number of hydrogen-bond donors (Lipinski definition) is 2. The van der Waals surface area contributed by atoms with Crippen LogP contribution in [0.1, 0.15) is 16.8 Å². The van der Waals surface area contributed by atoms with E-state index in [1.165, 1.54) is 0 Å². The van der Waals surface area contributed by atoms with Crippen LogP contribution in [0.4, 0.5) is 5.69 Å². The third-order valence-corrected chi connectivity index (χ3v) is 4.72. The SMILES string of the molecule is COc1cccc(NC(=O)COc2ccc(C(=O)N3CC[C@@H](OCC(N)=O)C3)cc2)c1. The maximum Gasteiger partial charge on any atom is 0.262 e. The van der Waals surface area contributed by atoms with Gasteiger partial charge in [0.1, 0.15) is 18.1 Å². The van der Waals surface area contributed by atoms with Crippen LogP contribution in [-0.2, 0) is 14.3 Å². The molecule has 9 nitrogen and oxygen atoms in total. The summed E-state index contributed by atoms with van der Waals surface area (Å²) < 4.78 is 16.0. The van der Waals surface area contributed by atoms with E-state index in [1.807, 2.05) is 0 Å². The number of ether oxygens (including phenoxy) is 3. The summed E-state index contributed by atoms with van der Waals surface area (Å²) in [5.74, 6) is 0.140. The van der Waals surface area contributed by atoms with Crippen LogP contribution < -0.4 is 20.5 Å². The molecule has 3 rings (SSSR count). The summed E-state index contributed by atoms with van der Waals surface area (Å²) in [6.45, 7) is 0.638. The van der Waals surface area contributed by atoms with Gasteiger partial charge >= 0.3 is 0 Å². The predicted octanol–water partition coefficient (Wildman–Crippen LogP) is 1.43. The van der Waals surface area contributed by atoms with E-state index < -0.39 is 5.91 Å². The van der Waals surface area contributed by atoms with E-state index in [0.29, 0.717) is 42.3 Å². The first kappa shape index (κ1) is 22.1. The molecule has 0 aromatic heterocycles. The zero-order valence-electron chi connectivity index (χ0n) is 17.2. The Bertz CT molecular complexity index is 931. The number of carbonyl (C=O) groups excluding carboxylic acids is 3. The molecule has 1 aliphatic rings. The van der Waals surface area contributed by atoms with Gasteiger partial charge in [0.2, 0.25) is 5.91 Å². The number of primary amides is 1. The second kappa shape index (κ2) is 10.4. The van der Waals surface area contributed by atoms with Crippen molar-refractivity contribution >= 4 is 23.4 Å². The number of benzene rings is 2. The Morgan fingerprint density at radius 1 is 1.10 bits per heavy atom. The normalized spacial score (nSPS) is 15.4. The predicted molar refractivity (Wildman–Crippen MR) is 113 cm³/mol. The van der Waals surface area contributed by atoms with Crippen molar-refractivity contribution in [1.82, 2.24) is 4.90 Å². The van der Waals surface area contributed by atoms with Gasteiger partial charge in [0.25, 0.3) is 11.8 Å². The first-order valence-electron chi connectivity index (χ1n) is 9.80. The molecule has 9 heteroatoms. The molecule has 1 aliphatic heterocycles. The minimum Gasteiger partial charge on any atom is -0.497 e. The highest BCUT2D eigenvalue weighted by atomic mass is 16.5. The van der Waals surface area contributed by atoms with Crippen LogP contribution in [-0.4, -0.2) is 62.1 Å². The van der Waals surface area contributed by atoms with Crippen molar-refractivity contribution < 1.29 is 28.6 Å². The number of hydrogen-bond acceptors (Lipinski definition) is 6. The summed E-state index contributed by atoms with van der Waals surface area (Å²) in [7, 11) is 1.55.